The fourth-order valence-corrected chi connectivity index (χ4v) is 3.43. The Hall–Kier alpha value is -1.75. The molecule has 1 aliphatic heterocycles. The fraction of sp³-hybridized carbons (Fsp3) is 0.562. The van der Waals surface area contributed by atoms with Crippen molar-refractivity contribution in [3.05, 3.63) is 23.8 Å². The first kappa shape index (κ1) is 14.2. The average molecular weight is 290 g/mol. The zero-order valence-electron chi connectivity index (χ0n) is 12.4. The van der Waals surface area contributed by atoms with Gasteiger partial charge in [0.1, 0.15) is 0 Å². The van der Waals surface area contributed by atoms with Gasteiger partial charge in [0.25, 0.3) is 0 Å². The van der Waals surface area contributed by atoms with E-state index in [2.05, 4.69) is 4.90 Å². The number of benzene rings is 1. The van der Waals surface area contributed by atoms with Gasteiger partial charge in [-0.2, -0.15) is 0 Å². The Morgan fingerprint density at radius 2 is 2.19 bits per heavy atom. The van der Waals surface area contributed by atoms with Crippen LogP contribution in [-0.4, -0.2) is 38.4 Å². The van der Waals surface area contributed by atoms with Crippen molar-refractivity contribution in [2.45, 2.75) is 37.8 Å². The van der Waals surface area contributed by atoms with E-state index in [4.69, 9.17) is 15.2 Å². The summed E-state index contributed by atoms with van der Waals surface area (Å²) in [5.74, 6) is -0.386. The highest BCUT2D eigenvalue weighted by Crippen LogP contribution is 2.33. The van der Waals surface area contributed by atoms with Crippen LogP contribution in [0, 0.1) is 0 Å². The Balaban J connectivity index is 1.90. The van der Waals surface area contributed by atoms with Gasteiger partial charge >= 0.3 is 5.97 Å². The predicted octanol–water partition coefficient (Wildman–Crippen LogP) is 2.20. The van der Waals surface area contributed by atoms with Crippen LogP contribution in [0.1, 0.15) is 36.0 Å². The second-order valence-electron chi connectivity index (χ2n) is 5.72. The summed E-state index contributed by atoms with van der Waals surface area (Å²) in [4.78, 5) is 14.2. The van der Waals surface area contributed by atoms with E-state index in [0.717, 1.165) is 31.7 Å². The molecule has 1 aliphatic carbocycles. The Labute approximate surface area is 125 Å². The zero-order chi connectivity index (χ0) is 14.8. The Morgan fingerprint density at radius 1 is 1.38 bits per heavy atom. The molecule has 21 heavy (non-hydrogen) atoms. The number of nitrogens with zero attached hydrogens (tertiary/aromatic N) is 1. The van der Waals surface area contributed by atoms with Gasteiger partial charge < -0.3 is 20.1 Å². The molecule has 5 heteroatoms. The number of rotatable bonds is 2. The van der Waals surface area contributed by atoms with Gasteiger partial charge in [-0.3, -0.25) is 0 Å². The maximum Gasteiger partial charge on any atom is 0.340 e. The van der Waals surface area contributed by atoms with Crippen molar-refractivity contribution in [1.82, 2.24) is 0 Å². The highest BCUT2D eigenvalue weighted by molar-refractivity contribution is 5.96. The van der Waals surface area contributed by atoms with Crippen LogP contribution in [0.25, 0.3) is 0 Å². The van der Waals surface area contributed by atoms with Crippen molar-refractivity contribution in [3.8, 4) is 0 Å². The van der Waals surface area contributed by atoms with Crippen LogP contribution < -0.4 is 10.6 Å². The second kappa shape index (κ2) is 5.93. The molecule has 5 nitrogen and oxygen atoms in total. The van der Waals surface area contributed by atoms with Gasteiger partial charge in [0.15, 0.2) is 0 Å². The molecular formula is C16H22N2O3. The molecule has 1 saturated carbocycles. The number of esters is 1. The summed E-state index contributed by atoms with van der Waals surface area (Å²) in [6.45, 7) is 1.59. The van der Waals surface area contributed by atoms with Gasteiger partial charge in [-0.1, -0.05) is 12.8 Å². The average Bonchev–Trinajstić information content (AvgIpc) is 2.54. The smallest absolute Gasteiger partial charge is 0.340 e. The number of fused-ring (bicyclic) bond motifs is 1. The number of ether oxygens (including phenoxy) is 2. The summed E-state index contributed by atoms with van der Waals surface area (Å²) >= 11 is 0. The van der Waals surface area contributed by atoms with Crippen molar-refractivity contribution in [2.75, 3.05) is 30.9 Å². The van der Waals surface area contributed by atoms with Gasteiger partial charge in [0.05, 0.1) is 31.4 Å². The first-order valence-electron chi connectivity index (χ1n) is 7.57. The molecule has 2 unspecified atom stereocenters. The van der Waals surface area contributed by atoms with E-state index in [1.807, 2.05) is 12.1 Å². The van der Waals surface area contributed by atoms with Gasteiger partial charge in [0, 0.05) is 17.9 Å². The summed E-state index contributed by atoms with van der Waals surface area (Å²) in [7, 11) is 1.38. The monoisotopic (exact) mass is 290 g/mol. The van der Waals surface area contributed by atoms with E-state index < -0.39 is 0 Å². The SMILES string of the molecule is COC(=O)c1cc(N2CCOC3CCCCC32)ccc1N. The molecule has 2 N–H and O–H groups in total. The quantitative estimate of drug-likeness (QED) is 0.668. The van der Waals surface area contributed by atoms with E-state index in [1.54, 1.807) is 6.07 Å². The topological polar surface area (TPSA) is 64.8 Å². The number of morpholine rings is 1. The standard InChI is InChI=1S/C16H22N2O3/c1-20-16(19)12-10-11(6-7-13(12)17)18-8-9-21-15-5-3-2-4-14(15)18/h6-7,10,14-15H,2-5,8-9,17H2,1H3. The minimum atomic E-state index is -0.386. The van der Waals surface area contributed by atoms with Gasteiger partial charge in [-0.05, 0) is 31.0 Å². The van der Waals surface area contributed by atoms with Gasteiger partial charge in [-0.15, -0.1) is 0 Å². The third-order valence-corrected chi connectivity index (χ3v) is 4.51. The van der Waals surface area contributed by atoms with E-state index in [9.17, 15) is 4.79 Å². The van der Waals surface area contributed by atoms with Crippen molar-refractivity contribution in [2.24, 2.45) is 0 Å². The number of methoxy groups -OCH3 is 1. The first-order valence-corrected chi connectivity index (χ1v) is 7.57. The number of carbonyl (C=O) groups excluding carboxylic acids is 1. The van der Waals surface area contributed by atoms with Crippen LogP contribution in [0.2, 0.25) is 0 Å². The number of anilines is 2. The lowest BCUT2D eigenvalue weighted by molar-refractivity contribution is -0.00867. The number of carbonyl (C=O) groups is 1. The van der Waals surface area contributed by atoms with Crippen molar-refractivity contribution >= 4 is 17.3 Å². The molecule has 1 saturated heterocycles. The predicted molar refractivity (Wildman–Crippen MR) is 81.5 cm³/mol. The molecule has 1 heterocycles. The number of hydrogen-bond donors (Lipinski definition) is 1. The molecule has 114 valence electrons. The van der Waals surface area contributed by atoms with Crippen molar-refractivity contribution < 1.29 is 14.3 Å². The lowest BCUT2D eigenvalue weighted by atomic mass is 9.89. The number of nitrogens with two attached hydrogens (primary N) is 1. The Kier molecular flexibility index (Phi) is 4.01. The first-order chi connectivity index (χ1) is 10.2. The van der Waals surface area contributed by atoms with Gasteiger partial charge in [-0.25, -0.2) is 4.79 Å². The zero-order valence-corrected chi connectivity index (χ0v) is 12.4. The minimum Gasteiger partial charge on any atom is -0.465 e. The Morgan fingerprint density at radius 3 is 3.00 bits per heavy atom. The molecule has 1 aromatic carbocycles. The van der Waals surface area contributed by atoms with Crippen LogP contribution in [0.5, 0.6) is 0 Å². The summed E-state index contributed by atoms with van der Waals surface area (Å²) in [5, 5.41) is 0. The second-order valence-corrected chi connectivity index (χ2v) is 5.72. The Bertz CT molecular complexity index is 530. The summed E-state index contributed by atoms with van der Waals surface area (Å²) < 4.78 is 10.7. The molecule has 0 radical (unpaired) electrons. The third-order valence-electron chi connectivity index (χ3n) is 4.51. The van der Waals surface area contributed by atoms with Crippen LogP contribution in [0.15, 0.2) is 18.2 Å². The lowest BCUT2D eigenvalue weighted by Gasteiger charge is -2.45. The highest BCUT2D eigenvalue weighted by atomic mass is 16.5. The van der Waals surface area contributed by atoms with Crippen LogP contribution in [0.3, 0.4) is 0 Å². The molecule has 0 spiro atoms. The number of nitrogen functional groups attached to an aromatic ring is 1. The summed E-state index contributed by atoms with van der Waals surface area (Å²) in [5.41, 5.74) is 7.81. The van der Waals surface area contributed by atoms with E-state index >= 15 is 0 Å². The molecular weight excluding hydrogens is 268 g/mol. The molecule has 1 aromatic rings. The molecule has 0 aromatic heterocycles. The van der Waals surface area contributed by atoms with Gasteiger partial charge in [0.2, 0.25) is 0 Å². The number of hydrogen-bond acceptors (Lipinski definition) is 5. The highest BCUT2D eigenvalue weighted by Gasteiger charge is 2.34. The molecule has 0 amide bonds. The normalized spacial score (nSPS) is 25.3. The lowest BCUT2D eigenvalue weighted by Crippen LogP contribution is -2.52. The summed E-state index contributed by atoms with van der Waals surface area (Å²) in [6, 6.07) is 6.02. The van der Waals surface area contributed by atoms with Crippen LogP contribution in [-0.2, 0) is 9.47 Å². The maximum absolute atomic E-state index is 11.8. The summed E-state index contributed by atoms with van der Waals surface area (Å²) in [6.07, 6.45) is 5.05. The van der Waals surface area contributed by atoms with Crippen molar-refractivity contribution in [1.29, 1.82) is 0 Å². The van der Waals surface area contributed by atoms with Crippen LogP contribution in [0.4, 0.5) is 11.4 Å². The third kappa shape index (κ3) is 2.70. The minimum absolute atomic E-state index is 0.312. The molecule has 2 fully saturated rings. The molecule has 2 atom stereocenters. The van der Waals surface area contributed by atoms with E-state index in [1.165, 1.54) is 20.0 Å². The van der Waals surface area contributed by atoms with Crippen LogP contribution >= 0.6 is 0 Å². The molecule has 0 bridgehead atoms. The maximum atomic E-state index is 11.8. The fourth-order valence-electron chi connectivity index (χ4n) is 3.43. The molecule has 2 aliphatic rings. The van der Waals surface area contributed by atoms with Crippen molar-refractivity contribution in [3.63, 3.8) is 0 Å². The largest absolute Gasteiger partial charge is 0.465 e. The van der Waals surface area contributed by atoms with E-state index in [0.29, 0.717) is 23.4 Å². The molecule has 3 rings (SSSR count). The van der Waals surface area contributed by atoms with E-state index in [-0.39, 0.29) is 5.97 Å².